The van der Waals surface area contributed by atoms with Crippen LogP contribution in [0.3, 0.4) is 0 Å². The Morgan fingerprint density at radius 1 is 0.442 bits per heavy atom. The molecule has 0 unspecified atom stereocenters. The van der Waals surface area contributed by atoms with Gasteiger partial charge in [0.1, 0.15) is 11.6 Å². The number of benzene rings is 6. The van der Waals surface area contributed by atoms with E-state index in [9.17, 15) is 0 Å². The minimum atomic E-state index is 0. The minimum Gasteiger partial charge on any atom is -0.324 e. The zero-order valence-corrected chi connectivity index (χ0v) is 30.2. The van der Waals surface area contributed by atoms with E-state index >= 15 is 0 Å². The Labute approximate surface area is 314 Å². The smallest absolute Gasteiger partial charge is 0.147 e. The van der Waals surface area contributed by atoms with Crippen LogP contribution in [-0.2, 0) is 20.1 Å². The van der Waals surface area contributed by atoms with Gasteiger partial charge >= 0.3 is 0 Å². The Hall–Kier alpha value is -6.33. The van der Waals surface area contributed by atoms with Crippen LogP contribution in [0.2, 0.25) is 0 Å². The van der Waals surface area contributed by atoms with Crippen LogP contribution < -0.4 is 5.32 Å². The summed E-state index contributed by atoms with van der Waals surface area (Å²) in [5.41, 5.74) is 10.1. The quantitative estimate of drug-likeness (QED) is 0.170. The molecule has 10 rings (SSSR count). The van der Waals surface area contributed by atoms with Gasteiger partial charge in [-0.1, -0.05) is 72.8 Å². The van der Waals surface area contributed by atoms with E-state index in [-0.39, 0.29) is 20.1 Å². The van der Waals surface area contributed by atoms with E-state index in [4.69, 9.17) is 9.97 Å². The fraction of sp³-hybridized carbons (Fsp3) is 0. The predicted molar refractivity (Wildman–Crippen MR) is 209 cm³/mol. The average molecular weight is 844 g/mol. The molecule has 4 aromatic heterocycles. The molecule has 0 saturated heterocycles. The third-order valence-corrected chi connectivity index (χ3v) is 9.53. The van der Waals surface area contributed by atoms with Crippen molar-refractivity contribution in [1.29, 1.82) is 0 Å². The first kappa shape index (κ1) is 31.6. The number of hydrogen-bond acceptors (Lipinski definition) is 3. The number of fused-ring (bicyclic) bond motifs is 6. The van der Waals surface area contributed by atoms with Crippen LogP contribution in [0, 0.1) is 12.1 Å². The Bertz CT molecular complexity index is 2860. The zero-order valence-electron chi connectivity index (χ0n) is 27.8. The molecule has 0 spiro atoms. The molecule has 0 aliphatic rings. The number of nitrogens with zero attached hydrogens (tertiary/aromatic N) is 4. The number of rotatable bonds is 6. The Morgan fingerprint density at radius 3 is 1.77 bits per heavy atom. The second-order valence-electron chi connectivity index (χ2n) is 12.6. The Kier molecular flexibility index (Phi) is 7.96. The summed E-state index contributed by atoms with van der Waals surface area (Å²) in [7, 11) is 0. The summed E-state index contributed by atoms with van der Waals surface area (Å²) in [6.45, 7) is 0. The van der Waals surface area contributed by atoms with E-state index in [1.807, 2.05) is 60.7 Å². The molecule has 0 aliphatic heterocycles. The number of anilines is 2. The summed E-state index contributed by atoms with van der Waals surface area (Å²) in [5.74, 6) is 1.41. The van der Waals surface area contributed by atoms with Crippen molar-refractivity contribution in [2.45, 2.75) is 0 Å². The van der Waals surface area contributed by atoms with E-state index in [1.54, 1.807) is 0 Å². The van der Waals surface area contributed by atoms with Crippen molar-refractivity contribution in [1.82, 2.24) is 19.1 Å². The van der Waals surface area contributed by atoms with Crippen molar-refractivity contribution in [3.63, 3.8) is 0 Å². The molecule has 52 heavy (non-hydrogen) atoms. The summed E-state index contributed by atoms with van der Waals surface area (Å²) in [4.78, 5) is 10.3. The van der Waals surface area contributed by atoms with Crippen LogP contribution in [0.5, 0.6) is 0 Å². The van der Waals surface area contributed by atoms with E-state index in [0.717, 1.165) is 61.2 Å². The van der Waals surface area contributed by atoms with Crippen LogP contribution in [0.15, 0.2) is 170 Å². The minimum absolute atomic E-state index is 0. The maximum Gasteiger partial charge on any atom is 0.147 e. The summed E-state index contributed by atoms with van der Waals surface area (Å²) >= 11 is 0. The molecule has 0 bridgehead atoms. The Balaban J connectivity index is 0.00000360. The summed E-state index contributed by atoms with van der Waals surface area (Å²) in [6, 6.07) is 65.4. The SMILES string of the molecule is [Ir].[c-]1ccccc1-c1cccc(Nc2nc(-c3[c-]cccc3)cc3c4cc5c6ccccc6n(-c6ccccc6)c5cc4n(-c4ccccc4)c23)n1. The number of para-hydroxylation sites is 3. The molecule has 10 aromatic rings. The summed E-state index contributed by atoms with van der Waals surface area (Å²) in [5, 5.41) is 8.30. The summed E-state index contributed by atoms with van der Waals surface area (Å²) in [6.07, 6.45) is 0. The van der Waals surface area contributed by atoms with Gasteiger partial charge in [0.2, 0.25) is 0 Å². The van der Waals surface area contributed by atoms with Crippen molar-refractivity contribution in [3.8, 4) is 33.9 Å². The molecule has 4 heterocycles. The molecule has 6 heteroatoms. The number of nitrogens with one attached hydrogen (secondary N) is 1. The van der Waals surface area contributed by atoms with Gasteiger partial charge in [-0.3, -0.25) is 9.97 Å². The van der Waals surface area contributed by atoms with Gasteiger partial charge < -0.3 is 14.5 Å². The van der Waals surface area contributed by atoms with Crippen LogP contribution in [0.4, 0.5) is 11.6 Å². The molecular weight excluding hydrogens is 815 g/mol. The van der Waals surface area contributed by atoms with Crippen LogP contribution in [0.1, 0.15) is 0 Å². The second kappa shape index (κ2) is 13.1. The van der Waals surface area contributed by atoms with E-state index in [0.29, 0.717) is 11.6 Å². The van der Waals surface area contributed by atoms with Crippen molar-refractivity contribution in [2.24, 2.45) is 0 Å². The monoisotopic (exact) mass is 844 g/mol. The van der Waals surface area contributed by atoms with Crippen LogP contribution in [-0.4, -0.2) is 19.1 Å². The number of pyridine rings is 2. The first-order valence-corrected chi connectivity index (χ1v) is 17.0. The van der Waals surface area contributed by atoms with Crippen LogP contribution >= 0.6 is 0 Å². The van der Waals surface area contributed by atoms with Crippen molar-refractivity contribution < 1.29 is 20.1 Å². The predicted octanol–water partition coefficient (Wildman–Crippen LogP) is 11.3. The molecule has 5 nitrogen and oxygen atoms in total. The van der Waals surface area contributed by atoms with Gasteiger partial charge in [0.15, 0.2) is 0 Å². The molecular formula is C46H29IrN5-2. The van der Waals surface area contributed by atoms with Gasteiger partial charge in [0.05, 0.1) is 22.1 Å². The van der Waals surface area contributed by atoms with E-state index in [1.165, 1.54) is 16.3 Å². The largest absolute Gasteiger partial charge is 0.324 e. The third-order valence-electron chi connectivity index (χ3n) is 9.53. The maximum atomic E-state index is 5.31. The first-order valence-electron chi connectivity index (χ1n) is 17.0. The molecule has 249 valence electrons. The van der Waals surface area contributed by atoms with Gasteiger partial charge in [-0.15, -0.1) is 71.8 Å². The van der Waals surface area contributed by atoms with Crippen LogP contribution in [0.25, 0.3) is 77.5 Å². The topological polar surface area (TPSA) is 47.7 Å². The fourth-order valence-electron chi connectivity index (χ4n) is 7.30. The van der Waals surface area contributed by atoms with Gasteiger partial charge in [-0.25, -0.2) is 0 Å². The molecule has 1 radical (unpaired) electrons. The molecule has 6 aromatic carbocycles. The number of hydrogen-bond donors (Lipinski definition) is 1. The number of aromatic nitrogens is 4. The third kappa shape index (κ3) is 5.28. The van der Waals surface area contributed by atoms with Gasteiger partial charge in [-0.05, 0) is 59.9 Å². The van der Waals surface area contributed by atoms with Crippen molar-refractivity contribution >= 4 is 55.2 Å². The molecule has 0 saturated carbocycles. The van der Waals surface area contributed by atoms with E-state index < -0.39 is 0 Å². The fourth-order valence-corrected chi connectivity index (χ4v) is 7.30. The van der Waals surface area contributed by atoms with Gasteiger partial charge in [0.25, 0.3) is 0 Å². The van der Waals surface area contributed by atoms with Crippen molar-refractivity contribution in [2.75, 3.05) is 5.32 Å². The summed E-state index contributed by atoms with van der Waals surface area (Å²) < 4.78 is 4.70. The van der Waals surface area contributed by atoms with Crippen molar-refractivity contribution in [3.05, 3.63) is 182 Å². The normalized spacial score (nSPS) is 11.3. The zero-order chi connectivity index (χ0) is 33.7. The molecule has 0 fully saturated rings. The Morgan fingerprint density at radius 2 is 1.06 bits per heavy atom. The molecule has 0 amide bonds. The van der Waals surface area contributed by atoms with Gasteiger partial charge in [0, 0.05) is 53.0 Å². The molecule has 0 atom stereocenters. The first-order chi connectivity index (χ1) is 25.3. The van der Waals surface area contributed by atoms with Gasteiger partial charge in [-0.2, -0.15) is 0 Å². The average Bonchev–Trinajstić information content (AvgIpc) is 3.70. The van der Waals surface area contributed by atoms with E-state index in [2.05, 4.69) is 136 Å². The molecule has 0 aliphatic carbocycles. The molecule has 1 N–H and O–H groups in total. The maximum absolute atomic E-state index is 5.31. The standard InChI is InChI=1S/C46H29N5.Ir/c1-5-16-31(17-6-1)39-25-15-27-44(47-39)49-46-45-38(29-40(48-46)32-18-7-2-8-19-32)37-28-36-35-24-13-14-26-41(35)50(33-20-9-3-10-21-33)42(36)30-43(37)51(45)34-22-11-4-12-23-34;/h1-16,18,20-30H,(H,47,48,49);/q-2;. The second-order valence-corrected chi connectivity index (χ2v) is 12.6.